The molecule has 5 heteroatoms. The molecule has 102 valence electrons. The molecule has 1 atom stereocenters. The Morgan fingerprint density at radius 3 is 2.89 bits per heavy atom. The number of ether oxygens (including phenoxy) is 1. The van der Waals surface area contributed by atoms with Crippen molar-refractivity contribution in [3.63, 3.8) is 0 Å². The van der Waals surface area contributed by atoms with Crippen molar-refractivity contribution in [1.29, 1.82) is 0 Å². The smallest absolute Gasteiger partial charge is 0.123 e. The highest BCUT2D eigenvalue weighted by atomic mass is 79.9. The van der Waals surface area contributed by atoms with Gasteiger partial charge in [-0.05, 0) is 37.1 Å². The van der Waals surface area contributed by atoms with Gasteiger partial charge in [-0.25, -0.2) is 0 Å². The SMILES string of the molecule is CC(N)Cc1cc(Br)ccc1OCc1cnn(C)c1. The molecule has 19 heavy (non-hydrogen) atoms. The minimum absolute atomic E-state index is 0.107. The van der Waals surface area contributed by atoms with Crippen LogP contribution in [0.4, 0.5) is 0 Å². The third-order valence-corrected chi connectivity index (χ3v) is 3.21. The largest absolute Gasteiger partial charge is 0.489 e. The lowest BCUT2D eigenvalue weighted by Crippen LogP contribution is -2.18. The number of aromatic nitrogens is 2. The average Bonchev–Trinajstić information content (AvgIpc) is 2.73. The zero-order valence-corrected chi connectivity index (χ0v) is 12.7. The number of hydrogen-bond acceptors (Lipinski definition) is 3. The van der Waals surface area contributed by atoms with Gasteiger partial charge in [0.2, 0.25) is 0 Å². The van der Waals surface area contributed by atoms with Gasteiger partial charge in [0.1, 0.15) is 12.4 Å². The summed E-state index contributed by atoms with van der Waals surface area (Å²) >= 11 is 3.48. The van der Waals surface area contributed by atoms with Gasteiger partial charge in [-0.1, -0.05) is 15.9 Å². The molecule has 0 aliphatic carbocycles. The van der Waals surface area contributed by atoms with E-state index in [9.17, 15) is 0 Å². The first-order valence-electron chi connectivity index (χ1n) is 6.19. The number of halogens is 1. The molecule has 2 rings (SSSR count). The first-order valence-corrected chi connectivity index (χ1v) is 6.98. The van der Waals surface area contributed by atoms with E-state index in [1.807, 2.05) is 38.5 Å². The Kier molecular flexibility index (Phi) is 4.61. The van der Waals surface area contributed by atoms with Gasteiger partial charge in [-0.3, -0.25) is 4.68 Å². The Hall–Kier alpha value is -1.33. The Morgan fingerprint density at radius 1 is 1.47 bits per heavy atom. The number of rotatable bonds is 5. The normalized spacial score (nSPS) is 12.4. The van der Waals surface area contributed by atoms with Crippen molar-refractivity contribution in [3.05, 3.63) is 46.2 Å². The molecule has 1 aromatic carbocycles. The van der Waals surface area contributed by atoms with E-state index in [1.54, 1.807) is 4.68 Å². The van der Waals surface area contributed by atoms with Gasteiger partial charge >= 0.3 is 0 Å². The highest BCUT2D eigenvalue weighted by Gasteiger charge is 2.08. The van der Waals surface area contributed by atoms with Crippen LogP contribution in [0, 0.1) is 0 Å². The fourth-order valence-electron chi connectivity index (χ4n) is 1.90. The van der Waals surface area contributed by atoms with Crippen molar-refractivity contribution in [2.75, 3.05) is 0 Å². The average molecular weight is 324 g/mol. The van der Waals surface area contributed by atoms with Crippen LogP contribution in [0.1, 0.15) is 18.1 Å². The number of hydrogen-bond donors (Lipinski definition) is 1. The monoisotopic (exact) mass is 323 g/mol. The van der Waals surface area contributed by atoms with Crippen LogP contribution in [-0.4, -0.2) is 15.8 Å². The molecular formula is C14H18BrN3O. The van der Waals surface area contributed by atoms with Gasteiger partial charge in [0.25, 0.3) is 0 Å². The molecule has 0 amide bonds. The van der Waals surface area contributed by atoms with Crippen molar-refractivity contribution >= 4 is 15.9 Å². The maximum atomic E-state index is 5.87. The molecule has 4 nitrogen and oxygen atoms in total. The van der Waals surface area contributed by atoms with Gasteiger partial charge < -0.3 is 10.5 Å². The topological polar surface area (TPSA) is 53.1 Å². The molecule has 1 heterocycles. The number of nitrogens with two attached hydrogens (primary N) is 1. The summed E-state index contributed by atoms with van der Waals surface area (Å²) in [6.45, 7) is 2.51. The summed E-state index contributed by atoms with van der Waals surface area (Å²) < 4.78 is 8.67. The van der Waals surface area contributed by atoms with Crippen molar-refractivity contribution in [3.8, 4) is 5.75 Å². The van der Waals surface area contributed by atoms with E-state index < -0.39 is 0 Å². The summed E-state index contributed by atoms with van der Waals surface area (Å²) in [5, 5.41) is 4.12. The summed E-state index contributed by atoms with van der Waals surface area (Å²) in [6.07, 6.45) is 4.55. The summed E-state index contributed by atoms with van der Waals surface area (Å²) in [4.78, 5) is 0. The summed E-state index contributed by atoms with van der Waals surface area (Å²) in [5.74, 6) is 0.879. The first kappa shape index (κ1) is 14.1. The molecule has 0 aliphatic rings. The third-order valence-electron chi connectivity index (χ3n) is 2.72. The molecule has 0 saturated heterocycles. The van der Waals surface area contributed by atoms with Crippen LogP contribution >= 0.6 is 15.9 Å². The molecule has 0 fully saturated rings. The van der Waals surface area contributed by atoms with Crippen LogP contribution < -0.4 is 10.5 Å². The highest BCUT2D eigenvalue weighted by Crippen LogP contribution is 2.25. The second-order valence-electron chi connectivity index (χ2n) is 4.74. The van der Waals surface area contributed by atoms with Gasteiger partial charge in [-0.15, -0.1) is 0 Å². The molecular weight excluding hydrogens is 306 g/mol. The lowest BCUT2D eigenvalue weighted by Gasteiger charge is -2.13. The van der Waals surface area contributed by atoms with E-state index >= 15 is 0 Å². The zero-order chi connectivity index (χ0) is 13.8. The van der Waals surface area contributed by atoms with E-state index in [-0.39, 0.29) is 6.04 Å². The third kappa shape index (κ3) is 4.08. The Balaban J connectivity index is 2.10. The van der Waals surface area contributed by atoms with Gasteiger partial charge in [0.05, 0.1) is 6.20 Å². The number of nitrogens with zero attached hydrogens (tertiary/aromatic N) is 2. The van der Waals surface area contributed by atoms with Gasteiger partial charge in [-0.2, -0.15) is 5.10 Å². The maximum Gasteiger partial charge on any atom is 0.123 e. The van der Waals surface area contributed by atoms with E-state index in [2.05, 4.69) is 27.1 Å². The lowest BCUT2D eigenvalue weighted by atomic mass is 10.1. The second-order valence-corrected chi connectivity index (χ2v) is 5.66. The molecule has 0 aliphatic heterocycles. The van der Waals surface area contributed by atoms with Crippen LogP contribution in [0.15, 0.2) is 35.1 Å². The summed E-state index contributed by atoms with van der Waals surface area (Å²) in [7, 11) is 1.89. The highest BCUT2D eigenvalue weighted by molar-refractivity contribution is 9.10. The minimum atomic E-state index is 0.107. The quantitative estimate of drug-likeness (QED) is 0.920. The summed E-state index contributed by atoms with van der Waals surface area (Å²) in [6, 6.07) is 6.11. The molecule has 0 saturated carbocycles. The second kappa shape index (κ2) is 6.21. The Labute approximate surface area is 121 Å². The number of benzene rings is 1. The molecule has 0 bridgehead atoms. The first-order chi connectivity index (χ1) is 9.04. The Bertz CT molecular complexity index is 551. The zero-order valence-electron chi connectivity index (χ0n) is 11.1. The molecule has 0 radical (unpaired) electrons. The van der Waals surface area contributed by atoms with Crippen molar-refractivity contribution in [2.24, 2.45) is 12.8 Å². The Morgan fingerprint density at radius 2 is 2.26 bits per heavy atom. The van der Waals surface area contributed by atoms with Crippen LogP contribution in [0.5, 0.6) is 5.75 Å². The number of aryl methyl sites for hydroxylation is 1. The van der Waals surface area contributed by atoms with Crippen LogP contribution in [0.3, 0.4) is 0 Å². The van der Waals surface area contributed by atoms with E-state index in [0.717, 1.165) is 27.8 Å². The summed E-state index contributed by atoms with van der Waals surface area (Å²) in [5.41, 5.74) is 8.04. The predicted octanol–water partition coefficient (Wildman–Crippen LogP) is 2.65. The standard InChI is InChI=1S/C14H18BrN3O/c1-10(16)5-12-6-13(15)3-4-14(12)19-9-11-7-17-18(2)8-11/h3-4,6-8,10H,5,9,16H2,1-2H3. The van der Waals surface area contributed by atoms with Gasteiger partial charge in [0, 0.05) is 29.3 Å². The van der Waals surface area contributed by atoms with Crippen LogP contribution in [0.2, 0.25) is 0 Å². The fraction of sp³-hybridized carbons (Fsp3) is 0.357. The van der Waals surface area contributed by atoms with E-state index in [4.69, 9.17) is 10.5 Å². The maximum absolute atomic E-state index is 5.87. The van der Waals surface area contributed by atoms with E-state index in [0.29, 0.717) is 6.61 Å². The molecule has 1 aromatic heterocycles. The molecule has 0 spiro atoms. The molecule has 1 unspecified atom stereocenters. The van der Waals surface area contributed by atoms with E-state index in [1.165, 1.54) is 0 Å². The van der Waals surface area contributed by atoms with Crippen LogP contribution in [0.25, 0.3) is 0 Å². The van der Waals surface area contributed by atoms with Gasteiger partial charge in [0.15, 0.2) is 0 Å². The van der Waals surface area contributed by atoms with Crippen LogP contribution in [-0.2, 0) is 20.1 Å². The van der Waals surface area contributed by atoms with Crippen molar-refractivity contribution < 1.29 is 4.74 Å². The lowest BCUT2D eigenvalue weighted by molar-refractivity contribution is 0.302. The van der Waals surface area contributed by atoms with Crippen molar-refractivity contribution in [2.45, 2.75) is 26.0 Å². The predicted molar refractivity (Wildman–Crippen MR) is 79.0 cm³/mol. The minimum Gasteiger partial charge on any atom is -0.489 e. The van der Waals surface area contributed by atoms with Crippen molar-refractivity contribution in [1.82, 2.24) is 9.78 Å². The molecule has 2 N–H and O–H groups in total. The molecule has 2 aromatic rings. The fourth-order valence-corrected chi connectivity index (χ4v) is 2.31.